The Morgan fingerprint density at radius 2 is 1.66 bits per heavy atom. The molecule has 0 fully saturated rings. The van der Waals surface area contributed by atoms with Crippen molar-refractivity contribution in [1.29, 1.82) is 0 Å². The number of aliphatic hydroxyl groups excluding tert-OH is 1. The first kappa shape index (κ1) is 34.1. The van der Waals surface area contributed by atoms with Gasteiger partial charge >= 0.3 is 0 Å². The number of carbonyl (C=O) groups excluding carboxylic acids is 1. The number of rotatable bonds is 8. The summed E-state index contributed by atoms with van der Waals surface area (Å²) in [5, 5.41) is 19.7. The molecule has 4 aromatic heterocycles. The topological polar surface area (TPSA) is 54.6 Å². The van der Waals surface area contributed by atoms with E-state index in [2.05, 4.69) is 73.9 Å². The van der Waals surface area contributed by atoms with Gasteiger partial charge in [0.2, 0.25) is 0 Å². The number of para-hydroxylation sites is 1. The minimum absolute atomic E-state index is 0. The molecule has 0 saturated heterocycles. The van der Waals surface area contributed by atoms with Crippen LogP contribution in [0.4, 0.5) is 0 Å². The van der Waals surface area contributed by atoms with Crippen molar-refractivity contribution in [3.8, 4) is 0 Å². The molecular formula is C38H45IrN2O2S-. The molecule has 1 radical (unpaired) electrons. The maximum atomic E-state index is 11.7. The molecule has 235 valence electrons. The number of allylic oxidation sites excluding steroid dienone is 2. The van der Waals surface area contributed by atoms with Crippen LogP contribution in [0.2, 0.25) is 0 Å². The Balaban J connectivity index is 0.000000239. The van der Waals surface area contributed by atoms with Crippen LogP contribution in [0.5, 0.6) is 0 Å². The molecule has 4 nitrogen and oxygen atoms in total. The molecule has 6 rings (SSSR count). The zero-order valence-electron chi connectivity index (χ0n) is 27.3. The molecule has 0 aliphatic rings. The second-order valence-corrected chi connectivity index (χ2v) is 14.1. The number of ketones is 1. The fourth-order valence-electron chi connectivity index (χ4n) is 6.65. The third-order valence-corrected chi connectivity index (χ3v) is 9.69. The van der Waals surface area contributed by atoms with Crippen LogP contribution >= 0.6 is 11.3 Å². The van der Waals surface area contributed by atoms with E-state index in [4.69, 9.17) is 4.98 Å². The molecule has 0 atom stereocenters. The minimum Gasteiger partial charge on any atom is -0.512 e. The van der Waals surface area contributed by atoms with Crippen molar-refractivity contribution in [2.45, 2.75) is 87.5 Å². The third-order valence-electron chi connectivity index (χ3n) is 8.89. The molecule has 0 aliphatic heterocycles. The maximum Gasteiger partial charge on any atom is 0.162 e. The van der Waals surface area contributed by atoms with Crippen LogP contribution in [0, 0.1) is 29.6 Å². The first-order valence-corrected chi connectivity index (χ1v) is 16.7. The molecule has 0 aliphatic carbocycles. The van der Waals surface area contributed by atoms with Crippen molar-refractivity contribution < 1.29 is 30.0 Å². The zero-order chi connectivity index (χ0) is 31.1. The summed E-state index contributed by atoms with van der Waals surface area (Å²) in [7, 11) is 0. The summed E-state index contributed by atoms with van der Waals surface area (Å²) in [5.74, 6) is 0.547. The molecule has 0 saturated carbocycles. The fourth-order valence-corrected chi connectivity index (χ4v) is 7.39. The van der Waals surface area contributed by atoms with Gasteiger partial charge in [-0.1, -0.05) is 101 Å². The van der Waals surface area contributed by atoms with Crippen LogP contribution in [0.15, 0.2) is 54.4 Å². The van der Waals surface area contributed by atoms with Gasteiger partial charge in [0.05, 0.1) is 5.76 Å². The number of benzene rings is 2. The van der Waals surface area contributed by atoms with Crippen LogP contribution in [-0.2, 0) is 31.3 Å². The molecule has 44 heavy (non-hydrogen) atoms. The van der Waals surface area contributed by atoms with Gasteiger partial charge in [0, 0.05) is 66.0 Å². The van der Waals surface area contributed by atoms with E-state index in [-0.39, 0.29) is 48.9 Å². The number of fused-ring (bicyclic) bond motifs is 6. The number of hydrogen-bond donors (Lipinski definition) is 1. The van der Waals surface area contributed by atoms with E-state index in [0.29, 0.717) is 0 Å². The first-order chi connectivity index (χ1) is 20.5. The second kappa shape index (κ2) is 13.7. The summed E-state index contributed by atoms with van der Waals surface area (Å²) >= 11 is 1.70. The Kier molecular flexibility index (Phi) is 10.6. The van der Waals surface area contributed by atoms with Crippen molar-refractivity contribution >= 4 is 66.1 Å². The van der Waals surface area contributed by atoms with Crippen LogP contribution in [0.1, 0.15) is 84.6 Å². The van der Waals surface area contributed by atoms with Crippen LogP contribution in [-0.4, -0.2) is 20.3 Å². The smallest absolute Gasteiger partial charge is 0.162 e. The van der Waals surface area contributed by atoms with Gasteiger partial charge in [0.25, 0.3) is 0 Å². The average molecular weight is 786 g/mol. The van der Waals surface area contributed by atoms with Gasteiger partial charge in [0.1, 0.15) is 0 Å². The second-order valence-electron chi connectivity index (χ2n) is 13.1. The van der Waals surface area contributed by atoms with E-state index < -0.39 is 0 Å². The van der Waals surface area contributed by atoms with Gasteiger partial charge < -0.3 is 14.5 Å². The van der Waals surface area contributed by atoms with Crippen molar-refractivity contribution in [2.24, 2.45) is 17.3 Å². The largest absolute Gasteiger partial charge is 0.512 e. The monoisotopic (exact) mass is 786 g/mol. The molecule has 0 unspecified atom stereocenters. The Bertz CT molecular complexity index is 1930. The molecule has 0 amide bonds. The summed E-state index contributed by atoms with van der Waals surface area (Å²) < 4.78 is 2.48. The van der Waals surface area contributed by atoms with Gasteiger partial charge in [-0.3, -0.25) is 16.1 Å². The van der Waals surface area contributed by atoms with E-state index in [0.717, 1.165) is 43.0 Å². The van der Waals surface area contributed by atoms with Gasteiger partial charge in [-0.05, 0) is 71.5 Å². The summed E-state index contributed by atoms with van der Waals surface area (Å²) in [4.78, 5) is 17.8. The summed E-state index contributed by atoms with van der Waals surface area (Å²) in [6, 6.07) is 13.4. The quantitative estimate of drug-likeness (QED) is 0.0950. The Morgan fingerprint density at radius 1 is 1.00 bits per heavy atom. The summed E-state index contributed by atoms with van der Waals surface area (Å²) in [5.41, 5.74) is 6.61. The Hall–Kier alpha value is -2.79. The van der Waals surface area contributed by atoms with Crippen molar-refractivity contribution in [3.05, 3.63) is 70.3 Å². The molecule has 0 spiro atoms. The number of nitrogens with zero attached hydrogens (tertiary/aromatic N) is 2. The molecule has 1 N–H and O–H groups in total. The standard InChI is InChI=1S/C25H21N2S.C13H24O2.Ir/c1-14-23-18(13-28-14)22-21-15(9-10-26-22)11-16(12-25(2,3)4)20-17-7-5-6-8-19(17)27(23)24(20)21;1-5-10(6-2)12(14)9-13(15)11(7-3)8-4;/h5-11H,12H2,1-4H3;9-11,14H,5-8H2,1-4H3;/q-1;;/b;12-9-;. The van der Waals surface area contributed by atoms with Crippen molar-refractivity contribution in [2.75, 3.05) is 0 Å². The predicted octanol–water partition coefficient (Wildman–Crippen LogP) is 11.0. The predicted molar refractivity (Wildman–Crippen MR) is 185 cm³/mol. The molecule has 2 aromatic carbocycles. The molecule has 6 heteroatoms. The van der Waals surface area contributed by atoms with E-state index in [1.54, 1.807) is 11.3 Å². The number of pyridine rings is 2. The molecular weight excluding hydrogens is 741 g/mol. The fraction of sp³-hybridized carbons (Fsp3) is 0.421. The van der Waals surface area contributed by atoms with Gasteiger partial charge in [0.15, 0.2) is 5.78 Å². The Labute approximate surface area is 279 Å². The Morgan fingerprint density at radius 3 is 2.30 bits per heavy atom. The van der Waals surface area contributed by atoms with Crippen LogP contribution in [0.3, 0.4) is 0 Å². The summed E-state index contributed by atoms with van der Waals surface area (Å²) in [6.07, 6.45) is 7.91. The van der Waals surface area contributed by atoms with Gasteiger partial charge in [-0.25, -0.2) is 0 Å². The zero-order valence-corrected chi connectivity index (χ0v) is 30.5. The van der Waals surface area contributed by atoms with Gasteiger partial charge in [-0.15, -0.1) is 0 Å². The SMILES string of the molecule is CCC(CC)C(=O)/C=C(\O)C(CC)CC.Cc1s[c-]c2c3nccc4cc(CC(C)(C)C)c5c6ccccc6n(c12)c5c43.[Ir]. The van der Waals surface area contributed by atoms with E-state index >= 15 is 0 Å². The number of thiophene rings is 1. The number of aromatic nitrogens is 2. The normalized spacial score (nSPS) is 12.6. The van der Waals surface area contributed by atoms with E-state index in [1.807, 2.05) is 33.9 Å². The number of hydrogen-bond acceptors (Lipinski definition) is 4. The van der Waals surface area contributed by atoms with Crippen molar-refractivity contribution in [3.63, 3.8) is 0 Å². The average Bonchev–Trinajstić information content (AvgIpc) is 3.52. The first-order valence-electron chi connectivity index (χ1n) is 15.8. The summed E-state index contributed by atoms with van der Waals surface area (Å²) in [6.45, 7) is 17.2. The van der Waals surface area contributed by atoms with Crippen LogP contribution < -0.4 is 0 Å². The third kappa shape index (κ3) is 6.18. The number of aliphatic hydroxyl groups is 1. The number of carbonyl (C=O) groups is 1. The molecule has 4 heterocycles. The van der Waals surface area contributed by atoms with Crippen LogP contribution in [0.25, 0.3) is 49.0 Å². The maximum absolute atomic E-state index is 11.7. The minimum atomic E-state index is 0. The molecule has 0 bridgehead atoms. The number of aryl methyl sites for hydroxylation is 1. The van der Waals surface area contributed by atoms with Gasteiger partial charge in [-0.2, -0.15) is 0 Å². The van der Waals surface area contributed by atoms with E-state index in [9.17, 15) is 9.90 Å². The van der Waals surface area contributed by atoms with Crippen molar-refractivity contribution in [1.82, 2.24) is 9.38 Å². The van der Waals surface area contributed by atoms with E-state index in [1.165, 1.54) is 54.6 Å². The molecule has 6 aromatic rings.